The first kappa shape index (κ1) is 30.8. The van der Waals surface area contributed by atoms with Crippen molar-refractivity contribution in [2.75, 3.05) is 19.7 Å². The monoisotopic (exact) mass is 548 g/mol. The third-order valence-electron chi connectivity index (χ3n) is 5.39. The molecule has 1 fully saturated rings. The number of ether oxygens (including phenoxy) is 3. The summed E-state index contributed by atoms with van der Waals surface area (Å²) < 4.78 is 69.7. The smallest absolute Gasteiger partial charge is 0.410 e. The van der Waals surface area contributed by atoms with Gasteiger partial charge < -0.3 is 24.4 Å². The first-order chi connectivity index (χ1) is 17.6. The number of nitrogens with zero attached hydrogens (tertiary/aromatic N) is 1. The highest BCUT2D eigenvalue weighted by Gasteiger charge is 2.33. The zero-order valence-corrected chi connectivity index (χ0v) is 21.9. The van der Waals surface area contributed by atoms with Crippen LogP contribution >= 0.6 is 0 Å². The Balaban J connectivity index is 2.10. The molecule has 0 spiro atoms. The van der Waals surface area contributed by atoms with E-state index in [1.807, 2.05) is 0 Å². The predicted octanol–water partition coefficient (Wildman–Crippen LogP) is 3.66. The Bertz CT molecular complexity index is 1020. The average Bonchev–Trinajstić information content (AvgIpc) is 2.80. The van der Waals surface area contributed by atoms with E-state index < -0.39 is 83.4 Å². The van der Waals surface area contributed by atoms with Crippen LogP contribution in [0.25, 0.3) is 0 Å². The van der Waals surface area contributed by atoms with Crippen LogP contribution in [0, 0.1) is 29.2 Å². The zero-order valence-electron chi connectivity index (χ0n) is 21.9. The molecular weight excluding hydrogens is 516 g/mol. The lowest BCUT2D eigenvalue weighted by Gasteiger charge is -2.32. The standard InChI is InChI=1S/C25H32F4N2O7/c1-13(2)37-24(35)31-8-6-14(7-9-31)23(34)30-17(11-19(33)38-25(3,4)5)18(32)12-36-22-20(28)15(26)10-16(27)21(22)29/h10,13-14,17H,6-9,11-12H2,1-5H3,(H,30,34)/t17-/m0/s1. The molecule has 0 aromatic heterocycles. The second kappa shape index (κ2) is 12.9. The Kier molecular flexibility index (Phi) is 10.5. The quantitative estimate of drug-likeness (QED) is 0.285. The summed E-state index contributed by atoms with van der Waals surface area (Å²) in [5, 5.41) is 2.43. The van der Waals surface area contributed by atoms with Crippen LogP contribution in [0.4, 0.5) is 22.4 Å². The van der Waals surface area contributed by atoms with E-state index in [1.54, 1.807) is 34.6 Å². The van der Waals surface area contributed by atoms with Crippen LogP contribution in [0.1, 0.15) is 53.9 Å². The minimum atomic E-state index is -1.84. The minimum absolute atomic E-state index is 0.0152. The van der Waals surface area contributed by atoms with Crippen molar-refractivity contribution in [2.45, 2.75) is 71.6 Å². The molecule has 0 bridgehead atoms. The third kappa shape index (κ3) is 8.88. The molecule has 1 heterocycles. The molecule has 1 aliphatic heterocycles. The number of carbonyl (C=O) groups is 4. The molecule has 1 saturated heterocycles. The highest BCUT2D eigenvalue weighted by molar-refractivity contribution is 5.93. The van der Waals surface area contributed by atoms with Crippen molar-refractivity contribution in [2.24, 2.45) is 5.92 Å². The van der Waals surface area contributed by atoms with Gasteiger partial charge in [-0.05, 0) is 47.5 Å². The van der Waals surface area contributed by atoms with Gasteiger partial charge in [0, 0.05) is 25.1 Å². The molecule has 13 heteroatoms. The van der Waals surface area contributed by atoms with Gasteiger partial charge in [0.1, 0.15) is 18.2 Å². The van der Waals surface area contributed by atoms with E-state index in [4.69, 9.17) is 14.2 Å². The Morgan fingerprint density at radius 3 is 2.08 bits per heavy atom. The summed E-state index contributed by atoms with van der Waals surface area (Å²) in [5.41, 5.74) is -0.909. The Hall–Kier alpha value is -3.38. The second-order valence-electron chi connectivity index (χ2n) is 10.1. The maximum absolute atomic E-state index is 13.9. The van der Waals surface area contributed by atoms with Crippen LogP contribution in [-0.4, -0.2) is 66.1 Å². The summed E-state index contributed by atoms with van der Waals surface area (Å²) in [6.45, 7) is 7.52. The van der Waals surface area contributed by atoms with Gasteiger partial charge in [0.2, 0.25) is 17.5 Å². The van der Waals surface area contributed by atoms with Gasteiger partial charge in [0.05, 0.1) is 12.5 Å². The molecule has 0 unspecified atom stereocenters. The molecule has 0 radical (unpaired) electrons. The summed E-state index contributed by atoms with van der Waals surface area (Å²) in [4.78, 5) is 51.6. The molecule has 9 nitrogen and oxygen atoms in total. The molecular formula is C25H32F4N2O7. The molecule has 1 aromatic rings. The summed E-state index contributed by atoms with van der Waals surface area (Å²) in [7, 11) is 0. The van der Waals surface area contributed by atoms with Crippen molar-refractivity contribution < 1.29 is 51.0 Å². The summed E-state index contributed by atoms with van der Waals surface area (Å²) in [5.74, 6) is -11.6. The van der Waals surface area contributed by atoms with Gasteiger partial charge in [0.25, 0.3) is 0 Å². The number of halogens is 4. The normalized spacial score (nSPS) is 15.2. The van der Waals surface area contributed by atoms with Gasteiger partial charge >= 0.3 is 12.1 Å². The van der Waals surface area contributed by atoms with Gasteiger partial charge in [-0.2, -0.15) is 8.78 Å². The van der Waals surface area contributed by atoms with Crippen molar-refractivity contribution in [3.05, 3.63) is 29.3 Å². The first-order valence-electron chi connectivity index (χ1n) is 12.0. The topological polar surface area (TPSA) is 111 Å². The van der Waals surface area contributed by atoms with Crippen molar-refractivity contribution in [1.82, 2.24) is 10.2 Å². The molecule has 212 valence electrons. The molecule has 0 saturated carbocycles. The number of benzene rings is 1. The van der Waals surface area contributed by atoms with E-state index in [0.717, 1.165) is 0 Å². The van der Waals surface area contributed by atoms with Gasteiger partial charge in [-0.1, -0.05) is 0 Å². The van der Waals surface area contributed by atoms with Crippen LogP contribution in [0.5, 0.6) is 5.75 Å². The number of hydrogen-bond acceptors (Lipinski definition) is 7. The molecule has 2 amide bonds. The Morgan fingerprint density at radius 2 is 1.58 bits per heavy atom. The fourth-order valence-electron chi connectivity index (χ4n) is 3.61. The number of amides is 2. The molecule has 1 aliphatic rings. The Labute approximate surface area is 217 Å². The lowest BCUT2D eigenvalue weighted by molar-refractivity contribution is -0.156. The number of nitrogens with one attached hydrogen (secondary N) is 1. The van der Waals surface area contributed by atoms with E-state index in [-0.39, 0.29) is 38.1 Å². The summed E-state index contributed by atoms with van der Waals surface area (Å²) in [6.07, 6.45) is -0.949. The van der Waals surface area contributed by atoms with Gasteiger partial charge in [0.15, 0.2) is 23.2 Å². The average molecular weight is 549 g/mol. The van der Waals surface area contributed by atoms with Crippen LogP contribution in [0.3, 0.4) is 0 Å². The molecule has 2 rings (SSSR count). The van der Waals surface area contributed by atoms with Crippen LogP contribution in [0.2, 0.25) is 0 Å². The lowest BCUT2D eigenvalue weighted by atomic mass is 9.95. The SMILES string of the molecule is CC(C)OC(=O)N1CCC(C(=O)N[C@@H](CC(=O)OC(C)(C)C)C(=O)COc2c(F)c(F)cc(F)c2F)CC1. The molecule has 38 heavy (non-hydrogen) atoms. The zero-order chi connectivity index (χ0) is 28.8. The van der Waals surface area contributed by atoms with Gasteiger partial charge in [-0.15, -0.1) is 0 Å². The van der Waals surface area contributed by atoms with E-state index in [1.165, 1.54) is 4.90 Å². The third-order valence-corrected chi connectivity index (χ3v) is 5.39. The number of Topliss-reactive ketones (excluding diaryl/α,β-unsaturated/α-hetero) is 1. The molecule has 0 aliphatic carbocycles. The predicted molar refractivity (Wildman–Crippen MR) is 125 cm³/mol. The fourth-order valence-corrected chi connectivity index (χ4v) is 3.61. The van der Waals surface area contributed by atoms with E-state index in [0.29, 0.717) is 0 Å². The number of rotatable bonds is 9. The van der Waals surface area contributed by atoms with Crippen molar-refractivity contribution in [3.8, 4) is 5.75 Å². The number of piperidine rings is 1. The molecule has 1 atom stereocenters. The number of ketones is 1. The summed E-state index contributed by atoms with van der Waals surface area (Å²) in [6, 6.07) is -1.54. The number of carbonyl (C=O) groups excluding carboxylic acids is 4. The van der Waals surface area contributed by atoms with Crippen LogP contribution in [0.15, 0.2) is 6.07 Å². The largest absolute Gasteiger partial charge is 0.479 e. The second-order valence-corrected chi connectivity index (χ2v) is 10.1. The van der Waals surface area contributed by atoms with E-state index in [2.05, 4.69) is 5.32 Å². The highest BCUT2D eigenvalue weighted by Crippen LogP contribution is 2.26. The van der Waals surface area contributed by atoms with Crippen LogP contribution < -0.4 is 10.1 Å². The maximum Gasteiger partial charge on any atom is 0.410 e. The lowest BCUT2D eigenvalue weighted by Crippen LogP contribution is -2.49. The number of esters is 1. The van der Waals surface area contributed by atoms with E-state index >= 15 is 0 Å². The summed E-state index contributed by atoms with van der Waals surface area (Å²) >= 11 is 0. The molecule has 1 aromatic carbocycles. The number of hydrogen-bond donors (Lipinski definition) is 1. The first-order valence-corrected chi connectivity index (χ1v) is 12.0. The maximum atomic E-state index is 13.9. The van der Waals surface area contributed by atoms with Gasteiger partial charge in [-0.3, -0.25) is 14.4 Å². The highest BCUT2D eigenvalue weighted by atomic mass is 19.2. The van der Waals surface area contributed by atoms with Crippen LogP contribution in [-0.2, 0) is 23.9 Å². The van der Waals surface area contributed by atoms with E-state index in [9.17, 15) is 36.7 Å². The number of likely N-dealkylation sites (tertiary alicyclic amines) is 1. The van der Waals surface area contributed by atoms with Gasteiger partial charge in [-0.25, -0.2) is 13.6 Å². The van der Waals surface area contributed by atoms with Crippen molar-refractivity contribution in [1.29, 1.82) is 0 Å². The minimum Gasteiger partial charge on any atom is -0.479 e. The fraction of sp³-hybridized carbons (Fsp3) is 0.600. The van der Waals surface area contributed by atoms with Crippen molar-refractivity contribution in [3.63, 3.8) is 0 Å². The van der Waals surface area contributed by atoms with Crippen molar-refractivity contribution >= 4 is 23.8 Å². The Morgan fingerprint density at radius 1 is 1.03 bits per heavy atom. The molecule has 1 N–H and O–H groups in total.